The predicted molar refractivity (Wildman–Crippen MR) is 142 cm³/mol. The molecule has 0 aromatic heterocycles. The van der Waals surface area contributed by atoms with Crippen molar-refractivity contribution >= 4 is 29.2 Å². The molecular weight excluding hydrogens is 571 g/mol. The number of imide groups is 1. The van der Waals surface area contributed by atoms with Gasteiger partial charge in [-0.25, -0.2) is 13.6 Å². The molecule has 0 unspecified atom stereocenters. The zero-order valence-corrected chi connectivity index (χ0v) is 22.1. The number of ether oxygens (including phenoxy) is 2. The van der Waals surface area contributed by atoms with E-state index < -0.39 is 40.9 Å². The average molecular weight is 591 g/mol. The maximum Gasteiger partial charge on any atom is 0.416 e. The van der Waals surface area contributed by atoms with Crippen molar-refractivity contribution in [1.29, 1.82) is 0 Å². The first-order chi connectivity index (χ1) is 19.3. The Morgan fingerprint density at radius 1 is 0.805 bits per heavy atom. The minimum atomic E-state index is -4.45. The Morgan fingerprint density at radius 2 is 1.32 bits per heavy atom. The number of benzene rings is 4. The van der Waals surface area contributed by atoms with E-state index in [2.05, 4.69) is 5.32 Å². The van der Waals surface area contributed by atoms with Crippen molar-refractivity contribution in [2.75, 3.05) is 5.32 Å². The second-order valence-corrected chi connectivity index (χ2v) is 9.09. The minimum Gasteiger partial charge on any atom is -0.457 e. The summed E-state index contributed by atoms with van der Waals surface area (Å²) >= 11 is 6.50. The fourth-order valence-electron chi connectivity index (χ4n) is 3.68. The zero-order valence-electron chi connectivity index (χ0n) is 21.3. The summed E-state index contributed by atoms with van der Waals surface area (Å²) in [7, 11) is 0. The van der Waals surface area contributed by atoms with Gasteiger partial charge in [-0.2, -0.15) is 13.2 Å². The molecule has 0 aliphatic rings. The lowest BCUT2D eigenvalue weighted by Gasteiger charge is -2.17. The van der Waals surface area contributed by atoms with Gasteiger partial charge in [0.1, 0.15) is 40.2 Å². The summed E-state index contributed by atoms with van der Waals surface area (Å²) in [5, 5.41) is 4.45. The number of urea groups is 1. The summed E-state index contributed by atoms with van der Waals surface area (Å²) in [6, 6.07) is 13.9. The van der Waals surface area contributed by atoms with Crippen molar-refractivity contribution in [2.24, 2.45) is 0 Å². The molecule has 0 heterocycles. The van der Waals surface area contributed by atoms with Gasteiger partial charge in [-0.1, -0.05) is 17.7 Å². The topological polar surface area (TPSA) is 76.7 Å². The van der Waals surface area contributed by atoms with Crippen LogP contribution in [0.4, 0.5) is 32.4 Å². The molecule has 6 nitrogen and oxygen atoms in total. The molecule has 3 amide bonds. The molecule has 0 spiro atoms. The maximum atomic E-state index is 13.8. The van der Waals surface area contributed by atoms with Crippen LogP contribution in [0.25, 0.3) is 0 Å². The van der Waals surface area contributed by atoms with Crippen LogP contribution in [-0.2, 0) is 6.18 Å². The van der Waals surface area contributed by atoms with Crippen molar-refractivity contribution in [1.82, 2.24) is 5.32 Å². The molecule has 0 fully saturated rings. The first kappa shape index (κ1) is 29.3. The number of hydrogen-bond donors (Lipinski definition) is 2. The smallest absolute Gasteiger partial charge is 0.416 e. The first-order valence-corrected chi connectivity index (χ1v) is 12.2. The molecule has 41 heavy (non-hydrogen) atoms. The van der Waals surface area contributed by atoms with E-state index in [4.69, 9.17) is 21.1 Å². The number of alkyl halides is 3. The van der Waals surface area contributed by atoms with E-state index in [9.17, 15) is 31.5 Å². The average Bonchev–Trinajstić information content (AvgIpc) is 2.90. The summed E-state index contributed by atoms with van der Waals surface area (Å²) in [5.74, 6) is -2.29. The van der Waals surface area contributed by atoms with Gasteiger partial charge in [0.05, 0.1) is 10.6 Å². The highest BCUT2D eigenvalue weighted by Crippen LogP contribution is 2.39. The van der Waals surface area contributed by atoms with Gasteiger partial charge in [0.15, 0.2) is 0 Å². The van der Waals surface area contributed by atoms with E-state index in [0.717, 1.165) is 30.3 Å². The quantitative estimate of drug-likeness (QED) is 0.220. The van der Waals surface area contributed by atoms with Crippen LogP contribution in [0.3, 0.4) is 0 Å². The number of carbonyl (C=O) groups excluding carboxylic acids is 2. The van der Waals surface area contributed by atoms with Crippen LogP contribution in [0, 0.1) is 25.5 Å². The van der Waals surface area contributed by atoms with Crippen molar-refractivity contribution in [3.63, 3.8) is 0 Å². The molecule has 0 saturated heterocycles. The van der Waals surface area contributed by atoms with E-state index >= 15 is 0 Å². The van der Waals surface area contributed by atoms with Gasteiger partial charge in [-0.05, 0) is 91.7 Å². The fourth-order valence-corrected chi connectivity index (χ4v) is 3.97. The van der Waals surface area contributed by atoms with Crippen LogP contribution in [0.5, 0.6) is 23.0 Å². The van der Waals surface area contributed by atoms with Crippen molar-refractivity contribution in [3.8, 4) is 23.0 Å². The minimum absolute atomic E-state index is 0.150. The van der Waals surface area contributed by atoms with E-state index in [-0.39, 0.29) is 22.2 Å². The van der Waals surface area contributed by atoms with Crippen LogP contribution in [0.2, 0.25) is 5.02 Å². The lowest BCUT2D eigenvalue weighted by molar-refractivity contribution is -0.137. The molecular formula is C29H20ClF5N2O4. The number of amides is 3. The highest BCUT2D eigenvalue weighted by molar-refractivity contribution is 6.33. The van der Waals surface area contributed by atoms with Gasteiger partial charge in [-0.15, -0.1) is 0 Å². The van der Waals surface area contributed by atoms with E-state index in [1.165, 1.54) is 18.2 Å². The van der Waals surface area contributed by atoms with Gasteiger partial charge < -0.3 is 14.8 Å². The number of rotatable bonds is 6. The Labute approximate surface area is 235 Å². The summed E-state index contributed by atoms with van der Waals surface area (Å²) in [6.45, 7) is 3.25. The third kappa shape index (κ3) is 6.93. The normalized spacial score (nSPS) is 11.1. The van der Waals surface area contributed by atoms with Crippen LogP contribution < -0.4 is 20.1 Å². The number of nitrogens with one attached hydrogen (secondary N) is 2. The van der Waals surface area contributed by atoms with Gasteiger partial charge in [0.25, 0.3) is 5.91 Å². The summed E-state index contributed by atoms with van der Waals surface area (Å²) < 4.78 is 77.4. The van der Waals surface area contributed by atoms with Crippen LogP contribution in [0.15, 0.2) is 72.8 Å². The standard InChI is InChI=1S/C29H20ClF5N2O4/c1-15-14-23(36-28(39)37-27(38)24-21(31)4-3-5-22(24)32)16(2)25(30)26(15)41-20-12-10-19(11-13-20)40-18-8-6-17(7-9-18)29(33,34)35/h3-14H,1-2H3,(H2,36,37,38,39). The number of anilines is 1. The lowest BCUT2D eigenvalue weighted by atomic mass is 10.1. The molecule has 0 aliphatic heterocycles. The molecule has 12 heteroatoms. The van der Waals surface area contributed by atoms with E-state index in [0.29, 0.717) is 22.6 Å². The Hall–Kier alpha value is -4.64. The molecule has 2 N–H and O–H groups in total. The first-order valence-electron chi connectivity index (χ1n) is 11.8. The maximum absolute atomic E-state index is 13.8. The van der Waals surface area contributed by atoms with Crippen molar-refractivity contribution in [3.05, 3.63) is 112 Å². The molecule has 4 rings (SSSR count). The van der Waals surface area contributed by atoms with Gasteiger partial charge in [0, 0.05) is 5.69 Å². The Bertz CT molecular complexity index is 1590. The third-order valence-electron chi connectivity index (χ3n) is 5.78. The Kier molecular flexibility index (Phi) is 8.48. The SMILES string of the molecule is Cc1cc(NC(=O)NC(=O)c2c(F)cccc2F)c(C)c(Cl)c1Oc1ccc(Oc2ccc(C(F)(F)F)cc2)cc1. The number of carbonyl (C=O) groups is 2. The van der Waals surface area contributed by atoms with Crippen LogP contribution >= 0.6 is 11.6 Å². The molecule has 0 atom stereocenters. The summed E-state index contributed by atoms with van der Waals surface area (Å²) in [4.78, 5) is 24.6. The third-order valence-corrected chi connectivity index (χ3v) is 6.23. The van der Waals surface area contributed by atoms with Crippen LogP contribution in [0.1, 0.15) is 27.0 Å². The van der Waals surface area contributed by atoms with Gasteiger partial charge in [-0.3, -0.25) is 10.1 Å². The van der Waals surface area contributed by atoms with Gasteiger partial charge >= 0.3 is 12.2 Å². The molecule has 0 radical (unpaired) electrons. The van der Waals surface area contributed by atoms with E-state index in [1.807, 2.05) is 5.32 Å². The molecule has 4 aromatic rings. The highest BCUT2D eigenvalue weighted by atomic mass is 35.5. The predicted octanol–water partition coefficient (Wildman–Crippen LogP) is 8.80. The largest absolute Gasteiger partial charge is 0.457 e. The molecule has 0 saturated carbocycles. The molecule has 4 aromatic carbocycles. The second-order valence-electron chi connectivity index (χ2n) is 8.71. The fraction of sp³-hybridized carbons (Fsp3) is 0.103. The summed E-state index contributed by atoms with van der Waals surface area (Å²) in [5.41, 5.74) is -0.571. The number of hydrogen-bond acceptors (Lipinski definition) is 4. The van der Waals surface area contributed by atoms with Crippen LogP contribution in [-0.4, -0.2) is 11.9 Å². The van der Waals surface area contributed by atoms with Crippen molar-refractivity contribution < 1.29 is 41.0 Å². The van der Waals surface area contributed by atoms with Gasteiger partial charge in [0.2, 0.25) is 0 Å². The molecule has 0 aliphatic carbocycles. The molecule has 212 valence electrons. The Morgan fingerprint density at radius 3 is 1.85 bits per heavy atom. The monoisotopic (exact) mass is 590 g/mol. The number of halogens is 6. The highest BCUT2D eigenvalue weighted by Gasteiger charge is 2.30. The zero-order chi connectivity index (χ0) is 29.9. The Balaban J connectivity index is 1.43. The van der Waals surface area contributed by atoms with Crippen molar-refractivity contribution in [2.45, 2.75) is 20.0 Å². The summed E-state index contributed by atoms with van der Waals surface area (Å²) in [6.07, 6.45) is -4.45. The number of aryl methyl sites for hydroxylation is 1. The second kappa shape index (κ2) is 11.8. The van der Waals surface area contributed by atoms with E-state index in [1.54, 1.807) is 38.1 Å². The molecule has 0 bridgehead atoms. The lowest BCUT2D eigenvalue weighted by Crippen LogP contribution is -2.35.